The van der Waals surface area contributed by atoms with E-state index in [1.54, 1.807) is 0 Å². The Hall–Kier alpha value is -2.62. The summed E-state index contributed by atoms with van der Waals surface area (Å²) in [6, 6.07) is 18.9. The van der Waals surface area contributed by atoms with Crippen LogP contribution in [0, 0.1) is 0 Å². The Kier molecular flexibility index (Phi) is 3.69. The van der Waals surface area contributed by atoms with Crippen molar-refractivity contribution < 1.29 is 14.6 Å². The van der Waals surface area contributed by atoms with Gasteiger partial charge in [0.1, 0.15) is 12.1 Å². The van der Waals surface area contributed by atoms with Gasteiger partial charge >= 0.3 is 5.97 Å². The summed E-state index contributed by atoms with van der Waals surface area (Å²) < 4.78 is 5.79. The molecule has 2 atom stereocenters. The fourth-order valence-electron chi connectivity index (χ4n) is 2.44. The lowest BCUT2D eigenvalue weighted by Crippen LogP contribution is -2.21. The summed E-state index contributed by atoms with van der Waals surface area (Å²) >= 11 is 0. The molecule has 0 amide bonds. The Morgan fingerprint density at radius 2 is 1.67 bits per heavy atom. The second-order valence-corrected chi connectivity index (χ2v) is 4.91. The quantitative estimate of drug-likeness (QED) is 0.937. The maximum atomic E-state index is 11.0. The van der Waals surface area contributed by atoms with Gasteiger partial charge in [-0.1, -0.05) is 48.5 Å². The van der Waals surface area contributed by atoms with Crippen molar-refractivity contribution in [3.05, 3.63) is 71.8 Å². The lowest BCUT2D eigenvalue weighted by molar-refractivity contribution is -0.139. The summed E-state index contributed by atoms with van der Waals surface area (Å²) in [5.41, 5.74) is 1.83. The van der Waals surface area contributed by atoms with Crippen molar-refractivity contribution in [2.75, 3.05) is 0 Å². The van der Waals surface area contributed by atoms with Gasteiger partial charge in [-0.3, -0.25) is 4.79 Å². The number of carboxylic acids is 1. The van der Waals surface area contributed by atoms with E-state index in [0.717, 1.165) is 11.1 Å². The molecule has 0 bridgehead atoms. The maximum Gasteiger partial charge on any atom is 0.307 e. The Morgan fingerprint density at radius 3 is 2.29 bits per heavy atom. The Balaban J connectivity index is 1.93. The van der Waals surface area contributed by atoms with Crippen molar-refractivity contribution in [3.8, 4) is 0 Å². The van der Waals surface area contributed by atoms with Crippen LogP contribution >= 0.6 is 0 Å². The molecule has 4 heteroatoms. The van der Waals surface area contributed by atoms with Crippen molar-refractivity contribution in [2.24, 2.45) is 4.99 Å². The number of hydrogen-bond acceptors (Lipinski definition) is 3. The Bertz CT molecular complexity index is 652. The van der Waals surface area contributed by atoms with E-state index in [0.29, 0.717) is 5.90 Å². The number of hydrogen-bond donors (Lipinski definition) is 1. The zero-order valence-corrected chi connectivity index (χ0v) is 11.3. The number of aliphatic imine (C=N–C) groups is 1. The van der Waals surface area contributed by atoms with Crippen molar-refractivity contribution in [1.82, 2.24) is 0 Å². The van der Waals surface area contributed by atoms with Gasteiger partial charge < -0.3 is 9.84 Å². The highest BCUT2D eigenvalue weighted by atomic mass is 16.5. The second-order valence-electron chi connectivity index (χ2n) is 4.91. The fourth-order valence-corrected chi connectivity index (χ4v) is 2.44. The first-order valence-corrected chi connectivity index (χ1v) is 6.80. The highest BCUT2D eigenvalue weighted by Crippen LogP contribution is 2.32. The average Bonchev–Trinajstić information content (AvgIpc) is 2.92. The molecule has 4 nitrogen and oxygen atoms in total. The monoisotopic (exact) mass is 281 g/mol. The highest BCUT2D eigenvalue weighted by Gasteiger charge is 2.34. The molecule has 0 aromatic heterocycles. The molecule has 21 heavy (non-hydrogen) atoms. The SMILES string of the molecule is O=C(O)C[C@@H]1OC(c2ccccc2)=N[C@H]1c1ccccc1. The molecule has 106 valence electrons. The normalized spacial score (nSPS) is 20.7. The van der Waals surface area contributed by atoms with Gasteiger partial charge in [0, 0.05) is 5.56 Å². The number of nitrogens with zero attached hydrogens (tertiary/aromatic N) is 1. The first-order chi connectivity index (χ1) is 10.2. The van der Waals surface area contributed by atoms with E-state index in [2.05, 4.69) is 4.99 Å². The highest BCUT2D eigenvalue weighted by molar-refractivity contribution is 5.95. The molecule has 0 fully saturated rings. The zero-order valence-electron chi connectivity index (χ0n) is 11.3. The van der Waals surface area contributed by atoms with E-state index in [-0.39, 0.29) is 12.5 Å². The van der Waals surface area contributed by atoms with E-state index in [4.69, 9.17) is 9.84 Å². The molecule has 1 N–H and O–H groups in total. The van der Waals surface area contributed by atoms with Gasteiger partial charge in [-0.25, -0.2) is 4.99 Å². The van der Waals surface area contributed by atoms with E-state index in [1.807, 2.05) is 60.7 Å². The lowest BCUT2D eigenvalue weighted by atomic mass is 10.0. The first kappa shape index (κ1) is 13.4. The van der Waals surface area contributed by atoms with Crippen molar-refractivity contribution in [2.45, 2.75) is 18.6 Å². The van der Waals surface area contributed by atoms with Crippen LogP contribution in [0.1, 0.15) is 23.6 Å². The van der Waals surface area contributed by atoms with E-state index < -0.39 is 12.1 Å². The number of carboxylic acid groups (broad SMARTS) is 1. The fraction of sp³-hybridized carbons (Fsp3) is 0.176. The van der Waals surface area contributed by atoms with Gasteiger partial charge in [0.15, 0.2) is 0 Å². The summed E-state index contributed by atoms with van der Waals surface area (Å²) in [5.74, 6) is -0.374. The number of aliphatic carboxylic acids is 1. The van der Waals surface area contributed by atoms with Crippen molar-refractivity contribution in [1.29, 1.82) is 0 Å². The third kappa shape index (κ3) is 2.94. The maximum absolute atomic E-state index is 11.0. The molecule has 2 aromatic rings. The molecule has 0 unspecified atom stereocenters. The minimum Gasteiger partial charge on any atom is -0.481 e. The molecule has 1 aliphatic heterocycles. The largest absolute Gasteiger partial charge is 0.481 e. The summed E-state index contributed by atoms with van der Waals surface area (Å²) in [5, 5.41) is 9.06. The van der Waals surface area contributed by atoms with Crippen LogP contribution in [0.25, 0.3) is 0 Å². The van der Waals surface area contributed by atoms with E-state index in [1.165, 1.54) is 0 Å². The van der Waals surface area contributed by atoms with Crippen LogP contribution in [-0.4, -0.2) is 23.1 Å². The Labute approximate surface area is 122 Å². The number of ether oxygens (including phenoxy) is 1. The summed E-state index contributed by atoms with van der Waals surface area (Å²) in [6.07, 6.45) is -0.542. The molecule has 2 aromatic carbocycles. The number of benzene rings is 2. The predicted molar refractivity (Wildman–Crippen MR) is 79.3 cm³/mol. The molecule has 0 aliphatic carbocycles. The molecule has 0 saturated heterocycles. The molecular weight excluding hydrogens is 266 g/mol. The van der Waals surface area contributed by atoms with Gasteiger partial charge in [-0.2, -0.15) is 0 Å². The molecule has 1 aliphatic rings. The first-order valence-electron chi connectivity index (χ1n) is 6.80. The number of rotatable bonds is 4. The van der Waals surface area contributed by atoms with Crippen molar-refractivity contribution >= 4 is 11.9 Å². The predicted octanol–water partition coefficient (Wildman–Crippen LogP) is 3.05. The molecule has 0 saturated carbocycles. The molecule has 3 rings (SSSR count). The van der Waals surface area contributed by atoms with E-state index in [9.17, 15) is 4.79 Å². The average molecular weight is 281 g/mol. The molecule has 0 radical (unpaired) electrons. The van der Waals surface area contributed by atoms with Crippen LogP contribution in [0.4, 0.5) is 0 Å². The van der Waals surface area contributed by atoms with Crippen LogP contribution < -0.4 is 0 Å². The van der Waals surface area contributed by atoms with Gasteiger partial charge in [-0.05, 0) is 17.7 Å². The zero-order chi connectivity index (χ0) is 14.7. The van der Waals surface area contributed by atoms with Gasteiger partial charge in [-0.15, -0.1) is 0 Å². The van der Waals surface area contributed by atoms with Gasteiger partial charge in [0.25, 0.3) is 0 Å². The second kappa shape index (κ2) is 5.79. The van der Waals surface area contributed by atoms with Gasteiger partial charge in [0.05, 0.1) is 6.42 Å². The summed E-state index contributed by atoms with van der Waals surface area (Å²) in [6.45, 7) is 0. The topological polar surface area (TPSA) is 58.9 Å². The summed E-state index contributed by atoms with van der Waals surface area (Å²) in [4.78, 5) is 15.6. The number of carbonyl (C=O) groups is 1. The van der Waals surface area contributed by atoms with Gasteiger partial charge in [0.2, 0.25) is 5.90 Å². The minimum absolute atomic E-state index is 0.0700. The van der Waals surface area contributed by atoms with Crippen LogP contribution in [0.5, 0.6) is 0 Å². The van der Waals surface area contributed by atoms with E-state index >= 15 is 0 Å². The smallest absolute Gasteiger partial charge is 0.307 e. The van der Waals surface area contributed by atoms with Crippen LogP contribution in [-0.2, 0) is 9.53 Å². The van der Waals surface area contributed by atoms with Crippen molar-refractivity contribution in [3.63, 3.8) is 0 Å². The van der Waals surface area contributed by atoms with Crippen LogP contribution in [0.2, 0.25) is 0 Å². The third-order valence-electron chi connectivity index (χ3n) is 3.41. The summed E-state index contributed by atoms with van der Waals surface area (Å²) in [7, 11) is 0. The minimum atomic E-state index is -0.884. The van der Waals surface area contributed by atoms with Crippen LogP contribution in [0.3, 0.4) is 0 Å². The lowest BCUT2D eigenvalue weighted by Gasteiger charge is -2.15. The molecule has 0 spiro atoms. The standard InChI is InChI=1S/C17H15NO3/c19-15(20)11-14-16(12-7-3-1-4-8-12)18-17(21-14)13-9-5-2-6-10-13/h1-10,14,16H,11H2,(H,19,20)/t14-,16-/m0/s1. The molecular formula is C17H15NO3. The van der Waals surface area contributed by atoms with Crippen LogP contribution in [0.15, 0.2) is 65.7 Å². The molecule has 1 heterocycles. The third-order valence-corrected chi connectivity index (χ3v) is 3.41. The Morgan fingerprint density at radius 1 is 1.05 bits per heavy atom.